The third-order valence-corrected chi connectivity index (χ3v) is 2.92. The molecule has 1 aliphatic heterocycles. The number of carboxylic acids is 1. The smallest absolute Gasteiger partial charge is 0.332 e. The summed E-state index contributed by atoms with van der Waals surface area (Å²) in [6.45, 7) is 0.351. The number of carbonyl (C=O) groups excluding carboxylic acids is 1. The van der Waals surface area contributed by atoms with Gasteiger partial charge < -0.3 is 19.2 Å². The molecule has 0 aromatic carbocycles. The molecule has 0 aliphatic carbocycles. The van der Waals surface area contributed by atoms with Gasteiger partial charge in [-0.2, -0.15) is 0 Å². The Morgan fingerprint density at radius 2 is 2.17 bits per heavy atom. The number of hydrogen-bond donors (Lipinski definition) is 1. The fraction of sp³-hybridized carbons (Fsp3) is 0.500. The summed E-state index contributed by atoms with van der Waals surface area (Å²) >= 11 is 0. The predicted molar refractivity (Wildman–Crippen MR) is 60.7 cm³/mol. The first-order valence-corrected chi connectivity index (χ1v) is 5.73. The molecule has 0 bridgehead atoms. The largest absolute Gasteiger partial charge is 0.479 e. The van der Waals surface area contributed by atoms with Gasteiger partial charge in [0.05, 0.1) is 12.8 Å². The highest BCUT2D eigenvalue weighted by Crippen LogP contribution is 2.21. The van der Waals surface area contributed by atoms with Crippen LogP contribution in [0.2, 0.25) is 0 Å². The Morgan fingerprint density at radius 1 is 1.44 bits per heavy atom. The maximum atomic E-state index is 12.0. The zero-order valence-corrected chi connectivity index (χ0v) is 10.0. The summed E-state index contributed by atoms with van der Waals surface area (Å²) in [5, 5.41) is 8.79. The van der Waals surface area contributed by atoms with Crippen molar-refractivity contribution in [3.8, 4) is 0 Å². The van der Waals surface area contributed by atoms with Gasteiger partial charge in [-0.05, 0) is 25.0 Å². The van der Waals surface area contributed by atoms with Crippen LogP contribution in [0.1, 0.15) is 18.6 Å². The average Bonchev–Trinajstić information content (AvgIpc) is 2.98. The minimum atomic E-state index is -1.01. The van der Waals surface area contributed by atoms with Gasteiger partial charge in [-0.25, -0.2) is 4.79 Å². The number of aliphatic carboxylic acids is 1. The number of ether oxygens (including phenoxy) is 1. The van der Waals surface area contributed by atoms with Crippen molar-refractivity contribution in [2.75, 3.05) is 7.05 Å². The summed E-state index contributed by atoms with van der Waals surface area (Å²) in [5.41, 5.74) is 0. The van der Waals surface area contributed by atoms with Crippen LogP contribution in [0, 0.1) is 0 Å². The maximum absolute atomic E-state index is 12.0. The fourth-order valence-corrected chi connectivity index (χ4v) is 1.96. The molecule has 1 fully saturated rings. The van der Waals surface area contributed by atoms with Crippen LogP contribution < -0.4 is 0 Å². The molecule has 2 rings (SSSR count). The molecule has 0 saturated carbocycles. The van der Waals surface area contributed by atoms with Gasteiger partial charge in [0, 0.05) is 7.05 Å². The lowest BCUT2D eigenvalue weighted by atomic mass is 10.2. The van der Waals surface area contributed by atoms with Gasteiger partial charge in [0.15, 0.2) is 6.10 Å². The normalized spacial score (nSPS) is 22.9. The summed E-state index contributed by atoms with van der Waals surface area (Å²) in [4.78, 5) is 24.2. The molecule has 6 heteroatoms. The quantitative estimate of drug-likeness (QED) is 0.861. The molecule has 98 valence electrons. The Morgan fingerprint density at radius 3 is 2.72 bits per heavy atom. The van der Waals surface area contributed by atoms with E-state index in [1.54, 1.807) is 25.4 Å². The van der Waals surface area contributed by atoms with Crippen LogP contribution in [0.5, 0.6) is 0 Å². The Bertz CT molecular complexity index is 428. The second-order valence-corrected chi connectivity index (χ2v) is 4.30. The SMILES string of the molecule is CN(Cc1ccco1)C(=O)[C@@H]1CC[C@H](C(=O)O)O1. The topological polar surface area (TPSA) is 80.0 Å². The van der Waals surface area contributed by atoms with E-state index in [-0.39, 0.29) is 5.91 Å². The first kappa shape index (κ1) is 12.6. The molecule has 6 nitrogen and oxygen atoms in total. The molecule has 1 amide bonds. The molecule has 1 aliphatic rings. The van der Waals surface area contributed by atoms with Crippen molar-refractivity contribution < 1.29 is 23.8 Å². The molecular formula is C12H15NO5. The number of hydrogen-bond acceptors (Lipinski definition) is 4. The molecule has 0 radical (unpaired) electrons. The molecule has 1 N–H and O–H groups in total. The van der Waals surface area contributed by atoms with Gasteiger partial charge in [-0.1, -0.05) is 0 Å². The highest BCUT2D eigenvalue weighted by molar-refractivity contribution is 5.82. The van der Waals surface area contributed by atoms with Crippen molar-refractivity contribution in [3.05, 3.63) is 24.2 Å². The van der Waals surface area contributed by atoms with Gasteiger partial charge >= 0.3 is 5.97 Å². The van der Waals surface area contributed by atoms with Gasteiger partial charge in [-0.15, -0.1) is 0 Å². The molecule has 0 spiro atoms. The van der Waals surface area contributed by atoms with Crippen molar-refractivity contribution in [2.45, 2.75) is 31.6 Å². The van der Waals surface area contributed by atoms with Gasteiger partial charge in [-0.3, -0.25) is 4.79 Å². The van der Waals surface area contributed by atoms with Crippen LogP contribution >= 0.6 is 0 Å². The minimum absolute atomic E-state index is 0.213. The summed E-state index contributed by atoms with van der Waals surface area (Å²) < 4.78 is 10.4. The number of furan rings is 1. The van der Waals surface area contributed by atoms with E-state index in [9.17, 15) is 9.59 Å². The highest BCUT2D eigenvalue weighted by Gasteiger charge is 2.36. The van der Waals surface area contributed by atoms with E-state index in [0.29, 0.717) is 25.1 Å². The van der Waals surface area contributed by atoms with Gasteiger partial charge in [0.25, 0.3) is 5.91 Å². The van der Waals surface area contributed by atoms with E-state index in [0.717, 1.165) is 0 Å². The third-order valence-electron chi connectivity index (χ3n) is 2.92. The lowest BCUT2D eigenvalue weighted by Gasteiger charge is -2.19. The van der Waals surface area contributed by atoms with E-state index in [1.807, 2.05) is 0 Å². The van der Waals surface area contributed by atoms with E-state index in [1.165, 1.54) is 4.90 Å². The summed E-state index contributed by atoms with van der Waals surface area (Å²) in [7, 11) is 1.64. The summed E-state index contributed by atoms with van der Waals surface area (Å²) in [6.07, 6.45) is 0.834. The Kier molecular flexibility index (Phi) is 3.66. The summed E-state index contributed by atoms with van der Waals surface area (Å²) in [5.74, 6) is -0.548. The molecule has 0 unspecified atom stereocenters. The van der Waals surface area contributed by atoms with Crippen molar-refractivity contribution >= 4 is 11.9 Å². The monoisotopic (exact) mass is 253 g/mol. The number of carbonyl (C=O) groups is 2. The maximum Gasteiger partial charge on any atom is 0.332 e. The first-order valence-electron chi connectivity index (χ1n) is 5.73. The van der Waals surface area contributed by atoms with Crippen LogP contribution in [-0.4, -0.2) is 41.1 Å². The van der Waals surface area contributed by atoms with Crippen LogP contribution in [0.25, 0.3) is 0 Å². The molecule has 2 atom stereocenters. The number of likely N-dealkylation sites (N-methyl/N-ethyl adjacent to an activating group) is 1. The second kappa shape index (κ2) is 5.22. The Labute approximate surface area is 104 Å². The number of rotatable bonds is 4. The molecule has 1 saturated heterocycles. The summed E-state index contributed by atoms with van der Waals surface area (Å²) in [6, 6.07) is 3.53. The van der Waals surface area contributed by atoms with Crippen molar-refractivity contribution in [1.29, 1.82) is 0 Å². The van der Waals surface area contributed by atoms with Gasteiger partial charge in [0.1, 0.15) is 11.9 Å². The Hall–Kier alpha value is -1.82. The first-order chi connectivity index (χ1) is 8.58. The fourth-order valence-electron chi connectivity index (χ4n) is 1.96. The van der Waals surface area contributed by atoms with E-state index in [4.69, 9.17) is 14.3 Å². The predicted octanol–water partition coefficient (Wildman–Crippen LogP) is 0.870. The van der Waals surface area contributed by atoms with Crippen LogP contribution in [0.4, 0.5) is 0 Å². The number of nitrogens with zero attached hydrogens (tertiary/aromatic N) is 1. The van der Waals surface area contributed by atoms with Crippen LogP contribution in [0.15, 0.2) is 22.8 Å². The van der Waals surface area contributed by atoms with E-state index in [2.05, 4.69) is 0 Å². The van der Waals surface area contributed by atoms with Crippen LogP contribution in [-0.2, 0) is 20.9 Å². The molecule has 1 aromatic heterocycles. The van der Waals surface area contributed by atoms with Crippen molar-refractivity contribution in [2.24, 2.45) is 0 Å². The molecule has 2 heterocycles. The third kappa shape index (κ3) is 2.70. The molecule has 1 aromatic rings. The zero-order chi connectivity index (χ0) is 13.1. The average molecular weight is 253 g/mol. The van der Waals surface area contributed by atoms with Crippen molar-refractivity contribution in [3.63, 3.8) is 0 Å². The lowest BCUT2D eigenvalue weighted by Crippen LogP contribution is -2.36. The van der Waals surface area contributed by atoms with Gasteiger partial charge in [0.2, 0.25) is 0 Å². The Balaban J connectivity index is 1.90. The number of carboxylic acid groups (broad SMARTS) is 1. The highest BCUT2D eigenvalue weighted by atomic mass is 16.5. The second-order valence-electron chi connectivity index (χ2n) is 4.30. The van der Waals surface area contributed by atoms with E-state index >= 15 is 0 Å². The number of amides is 1. The van der Waals surface area contributed by atoms with E-state index < -0.39 is 18.2 Å². The molecule has 18 heavy (non-hydrogen) atoms. The molecular weight excluding hydrogens is 238 g/mol. The zero-order valence-electron chi connectivity index (χ0n) is 10.0. The minimum Gasteiger partial charge on any atom is -0.479 e. The van der Waals surface area contributed by atoms with Crippen LogP contribution in [0.3, 0.4) is 0 Å². The lowest BCUT2D eigenvalue weighted by molar-refractivity contribution is -0.154. The standard InChI is InChI=1S/C12H15NO5/c1-13(7-8-3-2-6-17-8)11(14)9-4-5-10(18-9)12(15)16/h2-3,6,9-10H,4-5,7H2,1H3,(H,15,16)/t9-,10+/m0/s1. The van der Waals surface area contributed by atoms with Crippen molar-refractivity contribution in [1.82, 2.24) is 4.90 Å².